The summed E-state index contributed by atoms with van der Waals surface area (Å²) in [4.78, 5) is 0. The Balaban J connectivity index is 0. The molecule has 0 rings (SSSR count). The van der Waals surface area contributed by atoms with Crippen molar-refractivity contribution in [3.8, 4) is 0 Å². The van der Waals surface area contributed by atoms with Crippen molar-refractivity contribution in [1.82, 2.24) is 5.09 Å². The summed E-state index contributed by atoms with van der Waals surface area (Å²) in [5.41, 5.74) is 0. The highest BCUT2D eigenvalue weighted by Gasteiger charge is 1.70. The highest BCUT2D eigenvalue weighted by molar-refractivity contribution is 7.35. The minimum Gasteiger partial charge on any atom is -0.298 e. The summed E-state index contributed by atoms with van der Waals surface area (Å²) < 4.78 is 0. The van der Waals surface area contributed by atoms with Crippen molar-refractivity contribution in [2.24, 2.45) is 0 Å². The minimum atomic E-state index is 0.965. The minimum absolute atomic E-state index is 0.965. The molecule has 52 valence electrons. The van der Waals surface area contributed by atoms with E-state index in [-0.39, 0.29) is 0 Å². The number of rotatable bonds is 3. The molecule has 8 heavy (non-hydrogen) atoms. The zero-order valence-corrected chi connectivity index (χ0v) is 7.41. The zero-order chi connectivity index (χ0) is 6.83. The summed E-state index contributed by atoms with van der Waals surface area (Å²) in [6, 6.07) is 0. The highest BCUT2D eigenvalue weighted by Crippen LogP contribution is 1.97. The monoisotopic (exact) mass is 135 g/mol. The van der Waals surface area contributed by atoms with Crippen LogP contribution in [0.4, 0.5) is 0 Å². The molecule has 0 saturated heterocycles. The van der Waals surface area contributed by atoms with Gasteiger partial charge in [-0.25, -0.2) is 0 Å². The summed E-state index contributed by atoms with van der Waals surface area (Å²) >= 11 is 0. The maximum absolute atomic E-state index is 3.23. The molecule has 1 unspecified atom stereocenters. The van der Waals surface area contributed by atoms with E-state index in [9.17, 15) is 0 Å². The van der Waals surface area contributed by atoms with E-state index in [1.165, 1.54) is 6.16 Å². The fraction of sp³-hybridized carbons (Fsp3) is 1.00. The van der Waals surface area contributed by atoms with Gasteiger partial charge in [0.25, 0.3) is 0 Å². The van der Waals surface area contributed by atoms with Crippen molar-refractivity contribution in [1.29, 1.82) is 0 Å². The molecule has 0 bridgehead atoms. The van der Waals surface area contributed by atoms with Crippen LogP contribution in [-0.2, 0) is 0 Å². The van der Waals surface area contributed by atoms with Gasteiger partial charge in [-0.05, 0) is 12.7 Å². The summed E-state index contributed by atoms with van der Waals surface area (Å²) in [6.45, 7) is 9.43. The summed E-state index contributed by atoms with van der Waals surface area (Å²) in [7, 11) is 0.965. The highest BCUT2D eigenvalue weighted by atomic mass is 31.1. The predicted octanol–water partition coefficient (Wildman–Crippen LogP) is 2.24. The first-order valence-electron chi connectivity index (χ1n) is 3.37. The molecular weight excluding hydrogens is 117 g/mol. The van der Waals surface area contributed by atoms with Gasteiger partial charge in [-0.1, -0.05) is 36.4 Å². The molecule has 0 aliphatic rings. The fourth-order valence-electron chi connectivity index (χ4n) is 0.250. The molecule has 1 N–H and O–H groups in total. The first-order valence-corrected chi connectivity index (χ1v) is 4.58. The molecule has 0 amide bonds. The first kappa shape index (κ1) is 11.2. The smallest absolute Gasteiger partial charge is 0.00406 e. The van der Waals surface area contributed by atoms with Crippen molar-refractivity contribution >= 4 is 8.73 Å². The van der Waals surface area contributed by atoms with Crippen molar-refractivity contribution in [3.63, 3.8) is 0 Å². The second kappa shape index (κ2) is 15.7. The normalized spacial score (nSPS) is 9.00. The molecule has 0 spiro atoms. The van der Waals surface area contributed by atoms with Gasteiger partial charge in [0.2, 0.25) is 0 Å². The number of nitrogens with one attached hydrogen (secondary N) is 1. The second-order valence-corrected chi connectivity index (χ2v) is 2.47. The standard InChI is InChI=1S/C4H12NP.C2H6/c1-3-5-6-4-2;1-2/h5-6H,3-4H2,1-2H3;1-2H3. The van der Waals surface area contributed by atoms with E-state index < -0.39 is 0 Å². The van der Waals surface area contributed by atoms with Gasteiger partial charge in [-0.15, -0.1) is 0 Å². The quantitative estimate of drug-likeness (QED) is 0.462. The van der Waals surface area contributed by atoms with E-state index in [0.29, 0.717) is 0 Å². The van der Waals surface area contributed by atoms with Crippen molar-refractivity contribution in [2.75, 3.05) is 12.7 Å². The van der Waals surface area contributed by atoms with Gasteiger partial charge in [-0.2, -0.15) is 0 Å². The van der Waals surface area contributed by atoms with Crippen LogP contribution in [0.1, 0.15) is 27.7 Å². The van der Waals surface area contributed by atoms with Crippen LogP contribution in [0.15, 0.2) is 0 Å². The molecule has 1 atom stereocenters. The SMILES string of the molecule is CC.CCNPCC. The fourth-order valence-corrected chi connectivity index (χ4v) is 0.750. The molecule has 0 aromatic heterocycles. The van der Waals surface area contributed by atoms with Crippen molar-refractivity contribution in [3.05, 3.63) is 0 Å². The van der Waals surface area contributed by atoms with Crippen LogP contribution >= 0.6 is 8.73 Å². The lowest BCUT2D eigenvalue weighted by atomic mass is 10.8. The molecule has 0 aromatic carbocycles. The van der Waals surface area contributed by atoms with Crippen LogP contribution in [0.3, 0.4) is 0 Å². The van der Waals surface area contributed by atoms with Crippen LogP contribution in [0, 0.1) is 0 Å². The maximum Gasteiger partial charge on any atom is -0.00406 e. The zero-order valence-electron chi connectivity index (χ0n) is 6.41. The number of hydrogen-bond donors (Lipinski definition) is 1. The molecular formula is C6H18NP. The molecule has 1 nitrogen and oxygen atoms in total. The lowest BCUT2D eigenvalue weighted by Gasteiger charge is -1.92. The van der Waals surface area contributed by atoms with Gasteiger partial charge in [0, 0.05) is 0 Å². The maximum atomic E-state index is 3.23. The second-order valence-electron chi connectivity index (χ2n) is 1.06. The van der Waals surface area contributed by atoms with Gasteiger partial charge < -0.3 is 0 Å². The number of hydrogen-bond acceptors (Lipinski definition) is 1. The van der Waals surface area contributed by atoms with Crippen LogP contribution in [0.5, 0.6) is 0 Å². The van der Waals surface area contributed by atoms with Gasteiger partial charge in [0.15, 0.2) is 0 Å². The molecule has 0 saturated carbocycles. The Bertz CT molecular complexity index is 20.5. The van der Waals surface area contributed by atoms with Crippen LogP contribution < -0.4 is 5.09 Å². The topological polar surface area (TPSA) is 12.0 Å². The van der Waals surface area contributed by atoms with Crippen LogP contribution in [0.25, 0.3) is 0 Å². The Hall–Kier alpha value is 0.390. The average molecular weight is 135 g/mol. The summed E-state index contributed by atoms with van der Waals surface area (Å²) in [5, 5.41) is 3.23. The molecule has 0 heterocycles. The molecule has 0 aliphatic carbocycles. The van der Waals surface area contributed by atoms with Gasteiger partial charge >= 0.3 is 0 Å². The lowest BCUT2D eigenvalue weighted by Crippen LogP contribution is -1.97. The Morgan fingerprint density at radius 2 is 1.75 bits per heavy atom. The van der Waals surface area contributed by atoms with E-state index >= 15 is 0 Å². The predicted molar refractivity (Wildman–Crippen MR) is 43.9 cm³/mol. The third kappa shape index (κ3) is 16.2. The Kier molecular flexibility index (Phi) is 22.0. The lowest BCUT2D eigenvalue weighted by molar-refractivity contribution is 1.02. The van der Waals surface area contributed by atoms with E-state index in [2.05, 4.69) is 18.9 Å². The van der Waals surface area contributed by atoms with E-state index in [1.54, 1.807) is 0 Å². The van der Waals surface area contributed by atoms with Crippen molar-refractivity contribution in [2.45, 2.75) is 27.7 Å². The Morgan fingerprint density at radius 3 is 1.88 bits per heavy atom. The molecule has 0 fully saturated rings. The largest absolute Gasteiger partial charge is 0.298 e. The van der Waals surface area contributed by atoms with Crippen LogP contribution in [-0.4, -0.2) is 12.7 Å². The van der Waals surface area contributed by atoms with Crippen LogP contribution in [0.2, 0.25) is 0 Å². The van der Waals surface area contributed by atoms with E-state index in [0.717, 1.165) is 15.3 Å². The van der Waals surface area contributed by atoms with Gasteiger partial charge in [0.1, 0.15) is 0 Å². The Morgan fingerprint density at radius 1 is 1.25 bits per heavy atom. The molecule has 0 radical (unpaired) electrons. The molecule has 0 aliphatic heterocycles. The summed E-state index contributed by atoms with van der Waals surface area (Å²) in [6.07, 6.45) is 1.27. The van der Waals surface area contributed by atoms with Crippen molar-refractivity contribution < 1.29 is 0 Å². The van der Waals surface area contributed by atoms with E-state index in [1.807, 2.05) is 13.8 Å². The Labute approximate surface area is 55.1 Å². The third-order valence-corrected chi connectivity index (χ3v) is 1.44. The molecule has 2 heteroatoms. The first-order chi connectivity index (χ1) is 3.91. The summed E-state index contributed by atoms with van der Waals surface area (Å²) in [5.74, 6) is 0. The van der Waals surface area contributed by atoms with E-state index in [4.69, 9.17) is 0 Å². The third-order valence-electron chi connectivity index (χ3n) is 0.479. The average Bonchev–Trinajstić information content (AvgIpc) is 1.88. The molecule has 0 aromatic rings. The van der Waals surface area contributed by atoms with Gasteiger partial charge in [-0.3, -0.25) is 5.09 Å². The van der Waals surface area contributed by atoms with Gasteiger partial charge in [0.05, 0.1) is 0 Å².